The second kappa shape index (κ2) is 10.3. The zero-order valence-electron chi connectivity index (χ0n) is 16.4. The number of amides is 4. The largest absolute Gasteiger partial charge is 0.352 e. The molecule has 1 fully saturated rings. The fourth-order valence-corrected chi connectivity index (χ4v) is 3.19. The van der Waals surface area contributed by atoms with Gasteiger partial charge in [0.05, 0.1) is 12.5 Å². The van der Waals surface area contributed by atoms with Gasteiger partial charge in [0.15, 0.2) is 0 Å². The molecule has 0 saturated carbocycles. The predicted octanol–water partition coefficient (Wildman–Crippen LogP) is 1.53. The van der Waals surface area contributed by atoms with Gasteiger partial charge in [0.1, 0.15) is 0 Å². The lowest BCUT2D eigenvalue weighted by Gasteiger charge is -2.37. The molecule has 1 aliphatic rings. The van der Waals surface area contributed by atoms with Crippen LogP contribution in [0, 0.1) is 5.92 Å². The van der Waals surface area contributed by atoms with Gasteiger partial charge >= 0.3 is 6.03 Å². The summed E-state index contributed by atoms with van der Waals surface area (Å²) in [5, 5.41) is 2.82. The minimum absolute atomic E-state index is 0.00287. The Labute approximate surface area is 151 Å². The van der Waals surface area contributed by atoms with E-state index in [0.29, 0.717) is 32.7 Å². The number of nitrogens with zero attached hydrogens (tertiary/aromatic N) is 3. The summed E-state index contributed by atoms with van der Waals surface area (Å²) in [5.74, 6) is -0.393. The highest BCUT2D eigenvalue weighted by atomic mass is 16.2. The number of hydrogen-bond acceptors (Lipinski definition) is 3. The molecule has 0 aromatic carbocycles. The lowest BCUT2D eigenvalue weighted by Crippen LogP contribution is -2.52. The smallest absolute Gasteiger partial charge is 0.320 e. The highest BCUT2D eigenvalue weighted by Crippen LogP contribution is 2.20. The van der Waals surface area contributed by atoms with Crippen molar-refractivity contribution in [1.82, 2.24) is 20.0 Å². The van der Waals surface area contributed by atoms with E-state index in [4.69, 9.17) is 0 Å². The molecule has 25 heavy (non-hydrogen) atoms. The molecule has 0 unspecified atom stereocenters. The van der Waals surface area contributed by atoms with E-state index >= 15 is 0 Å². The maximum atomic E-state index is 12.8. The molecule has 1 saturated heterocycles. The highest BCUT2D eigenvalue weighted by molar-refractivity contribution is 5.86. The minimum Gasteiger partial charge on any atom is -0.352 e. The van der Waals surface area contributed by atoms with Crippen LogP contribution >= 0.6 is 0 Å². The van der Waals surface area contributed by atoms with Crippen molar-refractivity contribution in [2.24, 2.45) is 5.92 Å². The van der Waals surface area contributed by atoms with Gasteiger partial charge in [-0.25, -0.2) is 4.79 Å². The number of piperidine rings is 1. The van der Waals surface area contributed by atoms with Gasteiger partial charge in [0.2, 0.25) is 11.8 Å². The van der Waals surface area contributed by atoms with Crippen LogP contribution in [0.15, 0.2) is 0 Å². The van der Waals surface area contributed by atoms with E-state index in [1.165, 1.54) is 0 Å². The van der Waals surface area contributed by atoms with Crippen LogP contribution in [0.3, 0.4) is 0 Å². The molecule has 1 heterocycles. The third kappa shape index (κ3) is 6.21. The first kappa shape index (κ1) is 21.3. The fraction of sp³-hybridized carbons (Fsp3) is 0.833. The summed E-state index contributed by atoms with van der Waals surface area (Å²) >= 11 is 0. The van der Waals surface area contributed by atoms with Crippen molar-refractivity contribution < 1.29 is 14.4 Å². The van der Waals surface area contributed by atoms with E-state index < -0.39 is 0 Å². The molecule has 0 spiro atoms. The number of hydrogen-bond donors (Lipinski definition) is 1. The number of carbonyl (C=O) groups is 3. The van der Waals surface area contributed by atoms with Crippen LogP contribution in [0.5, 0.6) is 0 Å². The van der Waals surface area contributed by atoms with Crippen LogP contribution in [-0.2, 0) is 9.59 Å². The normalized spacial score (nSPS) is 17.4. The van der Waals surface area contributed by atoms with Crippen LogP contribution in [0.25, 0.3) is 0 Å². The number of nitrogens with one attached hydrogen (secondary N) is 1. The molecule has 1 N–H and O–H groups in total. The van der Waals surface area contributed by atoms with Crippen LogP contribution in [0.2, 0.25) is 0 Å². The predicted molar refractivity (Wildman–Crippen MR) is 98.1 cm³/mol. The maximum Gasteiger partial charge on any atom is 0.320 e. The molecule has 0 aliphatic carbocycles. The molecule has 7 nitrogen and oxygen atoms in total. The Morgan fingerprint density at radius 2 is 1.68 bits per heavy atom. The third-order valence-electron chi connectivity index (χ3n) is 4.55. The summed E-state index contributed by atoms with van der Waals surface area (Å²) in [4.78, 5) is 42.5. The van der Waals surface area contributed by atoms with Crippen molar-refractivity contribution in [3.05, 3.63) is 0 Å². The summed E-state index contributed by atoms with van der Waals surface area (Å²) in [6.07, 6.45) is 1.59. The second-order valence-corrected chi connectivity index (χ2v) is 6.81. The number of likely N-dealkylation sites (N-methyl/N-ethyl adjacent to an activating group) is 1. The van der Waals surface area contributed by atoms with Crippen LogP contribution < -0.4 is 5.32 Å². The zero-order chi connectivity index (χ0) is 19.0. The SMILES string of the molecule is CCN(CC(=O)NC(C)C)C(=O)[C@H]1CCCN(C(=O)N(CC)CC)C1. The van der Waals surface area contributed by atoms with Gasteiger partial charge in [-0.05, 0) is 47.5 Å². The Kier molecular flexibility index (Phi) is 8.72. The van der Waals surface area contributed by atoms with E-state index in [-0.39, 0.29) is 36.3 Å². The van der Waals surface area contributed by atoms with Crippen LogP contribution in [0.4, 0.5) is 4.79 Å². The van der Waals surface area contributed by atoms with E-state index in [1.807, 2.05) is 34.6 Å². The molecule has 0 aromatic rings. The maximum absolute atomic E-state index is 12.8. The van der Waals surface area contributed by atoms with Crippen molar-refractivity contribution in [2.45, 2.75) is 53.5 Å². The van der Waals surface area contributed by atoms with Crippen molar-refractivity contribution >= 4 is 17.8 Å². The Morgan fingerprint density at radius 1 is 1.08 bits per heavy atom. The van der Waals surface area contributed by atoms with Crippen molar-refractivity contribution in [2.75, 3.05) is 39.3 Å². The number of likely N-dealkylation sites (tertiary alicyclic amines) is 1. The summed E-state index contributed by atoms with van der Waals surface area (Å²) in [6, 6.07) is 0.0567. The molecule has 4 amide bonds. The molecular formula is C18H34N4O3. The fourth-order valence-electron chi connectivity index (χ4n) is 3.19. The Hall–Kier alpha value is -1.79. The molecule has 1 atom stereocenters. The number of urea groups is 1. The van der Waals surface area contributed by atoms with E-state index in [1.54, 1.807) is 14.7 Å². The quantitative estimate of drug-likeness (QED) is 0.754. The monoisotopic (exact) mass is 354 g/mol. The molecule has 0 radical (unpaired) electrons. The molecule has 1 aliphatic heterocycles. The Bertz CT molecular complexity index is 463. The average molecular weight is 354 g/mol. The third-order valence-corrected chi connectivity index (χ3v) is 4.55. The molecular weight excluding hydrogens is 320 g/mol. The number of carbonyl (C=O) groups excluding carboxylic acids is 3. The first-order valence-electron chi connectivity index (χ1n) is 9.45. The standard InChI is InChI=1S/C18H34N4O3/c1-6-20(7-2)18(25)22-11-9-10-15(12-22)17(24)21(8-3)13-16(23)19-14(4)5/h14-15H,6-13H2,1-5H3,(H,19,23)/t15-/m0/s1. The topological polar surface area (TPSA) is 73.0 Å². The lowest BCUT2D eigenvalue weighted by molar-refractivity contribution is -0.140. The first-order chi connectivity index (χ1) is 11.8. The van der Waals surface area contributed by atoms with Crippen molar-refractivity contribution in [1.29, 1.82) is 0 Å². The Balaban J connectivity index is 2.69. The Morgan fingerprint density at radius 3 is 2.20 bits per heavy atom. The van der Waals surface area contributed by atoms with Gasteiger partial charge < -0.3 is 20.0 Å². The first-order valence-corrected chi connectivity index (χ1v) is 9.45. The lowest BCUT2D eigenvalue weighted by atomic mass is 9.96. The van der Waals surface area contributed by atoms with Gasteiger partial charge in [-0.15, -0.1) is 0 Å². The van der Waals surface area contributed by atoms with E-state index in [0.717, 1.165) is 12.8 Å². The molecule has 0 aromatic heterocycles. The van der Waals surface area contributed by atoms with E-state index in [9.17, 15) is 14.4 Å². The summed E-state index contributed by atoms with van der Waals surface area (Å²) in [5.41, 5.74) is 0. The van der Waals surface area contributed by atoms with Gasteiger partial charge in [-0.2, -0.15) is 0 Å². The average Bonchev–Trinajstić information content (AvgIpc) is 2.59. The van der Waals surface area contributed by atoms with E-state index in [2.05, 4.69) is 5.32 Å². The highest BCUT2D eigenvalue weighted by Gasteiger charge is 2.32. The summed E-state index contributed by atoms with van der Waals surface area (Å²) in [7, 11) is 0. The van der Waals surface area contributed by atoms with Crippen molar-refractivity contribution in [3.8, 4) is 0 Å². The summed E-state index contributed by atoms with van der Waals surface area (Å²) in [6.45, 7) is 12.6. The molecule has 7 heteroatoms. The number of rotatable bonds is 7. The summed E-state index contributed by atoms with van der Waals surface area (Å²) < 4.78 is 0. The van der Waals surface area contributed by atoms with Crippen LogP contribution in [0.1, 0.15) is 47.5 Å². The van der Waals surface area contributed by atoms with Gasteiger partial charge in [-0.3, -0.25) is 9.59 Å². The van der Waals surface area contributed by atoms with Gasteiger partial charge in [-0.1, -0.05) is 0 Å². The second-order valence-electron chi connectivity index (χ2n) is 6.81. The molecule has 144 valence electrons. The van der Waals surface area contributed by atoms with Crippen LogP contribution in [-0.4, -0.2) is 77.9 Å². The van der Waals surface area contributed by atoms with Gasteiger partial charge in [0, 0.05) is 38.8 Å². The zero-order valence-corrected chi connectivity index (χ0v) is 16.4. The molecule has 0 bridgehead atoms. The van der Waals surface area contributed by atoms with Crippen molar-refractivity contribution in [3.63, 3.8) is 0 Å². The molecule has 1 rings (SSSR count). The minimum atomic E-state index is -0.222. The van der Waals surface area contributed by atoms with Gasteiger partial charge in [0.25, 0.3) is 0 Å².